The highest BCUT2D eigenvalue weighted by atomic mass is 32.2. The summed E-state index contributed by atoms with van der Waals surface area (Å²) >= 11 is 1.93. The maximum absolute atomic E-state index is 12.2. The molecule has 21 heavy (non-hydrogen) atoms. The van der Waals surface area contributed by atoms with Crippen molar-refractivity contribution in [1.82, 2.24) is 5.32 Å². The molecule has 1 fully saturated rings. The van der Waals surface area contributed by atoms with Gasteiger partial charge in [0.1, 0.15) is 5.75 Å². The molecule has 5 heteroatoms. The van der Waals surface area contributed by atoms with Crippen LogP contribution in [0, 0.1) is 11.8 Å². The topological polar surface area (TPSA) is 64.3 Å². The molecule has 1 aliphatic rings. The van der Waals surface area contributed by atoms with Crippen molar-refractivity contribution in [1.29, 1.82) is 0 Å². The molecule has 0 spiro atoms. The first-order valence-electron chi connectivity index (χ1n) is 7.01. The van der Waals surface area contributed by atoms with E-state index in [4.69, 9.17) is 10.5 Å². The van der Waals surface area contributed by atoms with E-state index in [1.165, 1.54) is 18.6 Å². The zero-order valence-electron chi connectivity index (χ0n) is 12.1. The highest BCUT2D eigenvalue weighted by Gasteiger charge is 2.17. The van der Waals surface area contributed by atoms with Gasteiger partial charge in [-0.2, -0.15) is 11.8 Å². The van der Waals surface area contributed by atoms with E-state index < -0.39 is 0 Å². The minimum Gasteiger partial charge on any atom is -0.495 e. The molecule has 0 bridgehead atoms. The van der Waals surface area contributed by atoms with E-state index in [1.807, 2.05) is 11.8 Å². The van der Waals surface area contributed by atoms with Gasteiger partial charge in [-0.3, -0.25) is 4.79 Å². The minimum atomic E-state index is -0.0686. The fraction of sp³-hybridized carbons (Fsp3) is 0.438. The number of nitrogens with two attached hydrogens (primary N) is 1. The van der Waals surface area contributed by atoms with E-state index in [-0.39, 0.29) is 12.5 Å². The number of carbonyl (C=O) groups excluding carboxylic acids is 1. The van der Waals surface area contributed by atoms with Crippen molar-refractivity contribution in [2.45, 2.75) is 18.1 Å². The number of hydrogen-bond donors (Lipinski definition) is 2. The number of benzene rings is 1. The molecular weight excluding hydrogens is 284 g/mol. The van der Waals surface area contributed by atoms with Crippen LogP contribution >= 0.6 is 11.8 Å². The fourth-order valence-electron chi connectivity index (χ4n) is 2.21. The van der Waals surface area contributed by atoms with Crippen LogP contribution in [-0.4, -0.2) is 37.1 Å². The maximum atomic E-state index is 12.2. The molecule has 112 valence electrons. The molecule has 1 heterocycles. The van der Waals surface area contributed by atoms with Gasteiger partial charge >= 0.3 is 0 Å². The molecule has 1 amide bonds. The summed E-state index contributed by atoms with van der Waals surface area (Å²) in [6, 6.07) is 5.27. The van der Waals surface area contributed by atoms with E-state index in [0.29, 0.717) is 22.1 Å². The summed E-state index contributed by atoms with van der Waals surface area (Å²) < 4.78 is 5.24. The van der Waals surface area contributed by atoms with Crippen molar-refractivity contribution >= 4 is 17.7 Å². The number of rotatable bonds is 4. The number of carbonyl (C=O) groups is 1. The van der Waals surface area contributed by atoms with E-state index in [2.05, 4.69) is 17.2 Å². The Labute approximate surface area is 129 Å². The smallest absolute Gasteiger partial charge is 0.251 e. The van der Waals surface area contributed by atoms with Crippen molar-refractivity contribution in [3.05, 3.63) is 29.3 Å². The van der Waals surface area contributed by atoms with Gasteiger partial charge in [0.15, 0.2) is 0 Å². The molecule has 0 aromatic heterocycles. The number of hydrogen-bond acceptors (Lipinski definition) is 4. The Morgan fingerprint density at radius 1 is 1.57 bits per heavy atom. The van der Waals surface area contributed by atoms with Crippen LogP contribution in [0.2, 0.25) is 0 Å². The van der Waals surface area contributed by atoms with Crippen molar-refractivity contribution in [3.8, 4) is 17.6 Å². The van der Waals surface area contributed by atoms with Crippen LogP contribution in [0.3, 0.4) is 0 Å². The molecule has 1 unspecified atom stereocenters. The zero-order valence-corrected chi connectivity index (χ0v) is 13.0. The second kappa shape index (κ2) is 7.96. The monoisotopic (exact) mass is 304 g/mol. The second-order valence-electron chi connectivity index (χ2n) is 4.77. The molecule has 0 aliphatic carbocycles. The molecule has 1 saturated heterocycles. The summed E-state index contributed by atoms with van der Waals surface area (Å²) in [7, 11) is 1.58. The van der Waals surface area contributed by atoms with Gasteiger partial charge in [-0.15, -0.1) is 0 Å². The molecule has 1 aliphatic heterocycles. The molecule has 1 aromatic rings. The van der Waals surface area contributed by atoms with Gasteiger partial charge in [-0.05, 0) is 36.8 Å². The lowest BCUT2D eigenvalue weighted by Crippen LogP contribution is -2.29. The molecule has 4 nitrogen and oxygen atoms in total. The fourth-order valence-corrected chi connectivity index (χ4v) is 3.41. The van der Waals surface area contributed by atoms with Crippen LogP contribution < -0.4 is 15.8 Å². The van der Waals surface area contributed by atoms with E-state index in [0.717, 1.165) is 6.54 Å². The predicted octanol–water partition coefficient (Wildman–Crippen LogP) is 1.63. The Bertz CT molecular complexity index is 557. The van der Waals surface area contributed by atoms with Crippen molar-refractivity contribution in [2.75, 3.05) is 26.0 Å². The standard InChI is InChI=1S/C16H20N2O2S/c1-20-15-7-6-13(10-12(15)4-2-8-17)16(19)18-11-14-5-3-9-21-14/h6-7,10,14H,3,5,8-9,11,17H2,1H3,(H,18,19). The van der Waals surface area contributed by atoms with Gasteiger partial charge in [-0.1, -0.05) is 11.8 Å². The average Bonchev–Trinajstić information content (AvgIpc) is 3.03. The van der Waals surface area contributed by atoms with Crippen LogP contribution in [0.15, 0.2) is 18.2 Å². The Morgan fingerprint density at radius 3 is 3.10 bits per heavy atom. The highest BCUT2D eigenvalue weighted by molar-refractivity contribution is 8.00. The SMILES string of the molecule is COc1ccc(C(=O)NCC2CCCS2)cc1C#CCN. The van der Waals surface area contributed by atoms with Crippen LogP contribution in [0.25, 0.3) is 0 Å². The van der Waals surface area contributed by atoms with Crippen molar-refractivity contribution < 1.29 is 9.53 Å². The van der Waals surface area contributed by atoms with Crippen molar-refractivity contribution in [2.24, 2.45) is 5.73 Å². The van der Waals surface area contributed by atoms with Gasteiger partial charge in [0.05, 0.1) is 19.2 Å². The molecule has 1 atom stereocenters. The average molecular weight is 304 g/mol. The Balaban J connectivity index is 2.05. The van der Waals surface area contributed by atoms with Crippen molar-refractivity contribution in [3.63, 3.8) is 0 Å². The molecule has 3 N–H and O–H groups in total. The summed E-state index contributed by atoms with van der Waals surface area (Å²) in [6.45, 7) is 0.998. The third-order valence-electron chi connectivity index (χ3n) is 3.30. The lowest BCUT2D eigenvalue weighted by atomic mass is 10.1. The maximum Gasteiger partial charge on any atom is 0.251 e. The van der Waals surface area contributed by atoms with Gasteiger partial charge < -0.3 is 15.8 Å². The predicted molar refractivity (Wildman–Crippen MR) is 86.7 cm³/mol. The summed E-state index contributed by atoms with van der Waals surface area (Å²) in [5.41, 5.74) is 6.67. The minimum absolute atomic E-state index is 0.0686. The summed E-state index contributed by atoms with van der Waals surface area (Å²) in [5.74, 6) is 7.50. The summed E-state index contributed by atoms with van der Waals surface area (Å²) in [4.78, 5) is 12.2. The Kier molecular flexibility index (Phi) is 5.97. The molecule has 1 aromatic carbocycles. The summed E-state index contributed by atoms with van der Waals surface area (Å²) in [6.07, 6.45) is 2.42. The first-order chi connectivity index (χ1) is 10.2. The van der Waals surface area contributed by atoms with Crippen LogP contribution in [-0.2, 0) is 0 Å². The van der Waals surface area contributed by atoms with Gasteiger partial charge in [0, 0.05) is 17.4 Å². The number of thioether (sulfide) groups is 1. The lowest BCUT2D eigenvalue weighted by Gasteiger charge is -2.11. The first kappa shape index (κ1) is 15.7. The van der Waals surface area contributed by atoms with Gasteiger partial charge in [0.25, 0.3) is 5.91 Å². The molecular formula is C16H20N2O2S. The molecule has 0 radical (unpaired) electrons. The van der Waals surface area contributed by atoms with Gasteiger partial charge in [0.2, 0.25) is 0 Å². The largest absolute Gasteiger partial charge is 0.495 e. The van der Waals surface area contributed by atoms with Gasteiger partial charge in [-0.25, -0.2) is 0 Å². The molecule has 2 rings (SSSR count). The number of ether oxygens (including phenoxy) is 1. The van der Waals surface area contributed by atoms with E-state index in [9.17, 15) is 4.79 Å². The number of methoxy groups -OCH3 is 1. The van der Waals surface area contributed by atoms with Crippen LogP contribution in [0.5, 0.6) is 5.75 Å². The van der Waals surface area contributed by atoms with Crippen LogP contribution in [0.4, 0.5) is 0 Å². The Hall–Kier alpha value is -1.64. The summed E-state index contributed by atoms with van der Waals surface area (Å²) in [5, 5.41) is 3.53. The first-order valence-corrected chi connectivity index (χ1v) is 8.06. The third kappa shape index (κ3) is 4.42. The zero-order chi connectivity index (χ0) is 15.1. The van der Waals surface area contributed by atoms with E-state index in [1.54, 1.807) is 25.3 Å². The normalized spacial score (nSPS) is 17.0. The van der Waals surface area contributed by atoms with E-state index >= 15 is 0 Å². The number of nitrogens with one attached hydrogen (secondary N) is 1. The lowest BCUT2D eigenvalue weighted by molar-refractivity contribution is 0.0953. The quantitative estimate of drug-likeness (QED) is 0.830. The Morgan fingerprint density at radius 2 is 2.43 bits per heavy atom. The number of amides is 1. The third-order valence-corrected chi connectivity index (χ3v) is 4.70. The molecule has 0 saturated carbocycles. The van der Waals surface area contributed by atoms with Crippen LogP contribution in [0.1, 0.15) is 28.8 Å². The highest BCUT2D eigenvalue weighted by Crippen LogP contribution is 2.25. The second-order valence-corrected chi connectivity index (χ2v) is 6.17.